The summed E-state index contributed by atoms with van der Waals surface area (Å²) in [5.41, 5.74) is 1.61. The number of esters is 1. The van der Waals surface area contributed by atoms with Gasteiger partial charge in [0.1, 0.15) is 13.2 Å². The molecule has 2 aromatic carbocycles. The van der Waals surface area contributed by atoms with Crippen molar-refractivity contribution < 1.29 is 28.5 Å². The number of hydrogen-bond acceptors (Lipinski definition) is 6. The van der Waals surface area contributed by atoms with E-state index in [4.69, 9.17) is 30.5 Å². The highest BCUT2D eigenvalue weighted by atomic mass is 35.5. The molecule has 0 aliphatic carbocycles. The number of hydrogen-bond donors (Lipinski definition) is 1. The Morgan fingerprint density at radius 3 is 2.70 bits per heavy atom. The molecule has 3 rings (SSSR count). The lowest BCUT2D eigenvalue weighted by atomic mass is 10.1. The number of amides is 1. The molecule has 1 N–H and O–H groups in total. The largest absolute Gasteiger partial charge is 0.493 e. The Kier molecular flexibility index (Phi) is 5.71. The third kappa shape index (κ3) is 4.43. The van der Waals surface area contributed by atoms with E-state index in [1.165, 1.54) is 19.2 Å². The molecule has 0 radical (unpaired) electrons. The first-order valence-corrected chi connectivity index (χ1v) is 8.56. The van der Waals surface area contributed by atoms with Gasteiger partial charge >= 0.3 is 5.97 Å². The van der Waals surface area contributed by atoms with E-state index in [0.29, 0.717) is 41.2 Å². The minimum absolute atomic E-state index is 0.192. The van der Waals surface area contributed by atoms with Crippen LogP contribution in [0.1, 0.15) is 15.9 Å². The summed E-state index contributed by atoms with van der Waals surface area (Å²) in [5, 5.41) is 3.01. The molecule has 1 amide bonds. The van der Waals surface area contributed by atoms with Crippen LogP contribution in [0.25, 0.3) is 0 Å². The van der Waals surface area contributed by atoms with Crippen LogP contribution in [0.3, 0.4) is 0 Å². The number of benzene rings is 2. The zero-order valence-electron chi connectivity index (χ0n) is 14.8. The molecule has 0 atom stereocenters. The summed E-state index contributed by atoms with van der Waals surface area (Å²) in [6.07, 6.45) is 0. The van der Waals surface area contributed by atoms with Gasteiger partial charge in [-0.1, -0.05) is 17.7 Å². The molecule has 2 aromatic rings. The number of rotatable bonds is 5. The smallest absolute Gasteiger partial charge is 0.338 e. The molecule has 0 saturated carbocycles. The van der Waals surface area contributed by atoms with Gasteiger partial charge in [0.25, 0.3) is 5.91 Å². The molecule has 8 heteroatoms. The van der Waals surface area contributed by atoms with Gasteiger partial charge in [0.2, 0.25) is 5.75 Å². The van der Waals surface area contributed by atoms with Crippen molar-refractivity contribution in [3.63, 3.8) is 0 Å². The fraction of sp³-hybridized carbons (Fsp3) is 0.263. The van der Waals surface area contributed by atoms with E-state index >= 15 is 0 Å². The predicted molar refractivity (Wildman–Crippen MR) is 99.1 cm³/mol. The van der Waals surface area contributed by atoms with Crippen molar-refractivity contribution in [2.45, 2.75) is 6.92 Å². The fourth-order valence-electron chi connectivity index (χ4n) is 2.51. The Hall–Kier alpha value is -2.93. The van der Waals surface area contributed by atoms with Gasteiger partial charge < -0.3 is 24.3 Å². The van der Waals surface area contributed by atoms with Gasteiger partial charge in [0.15, 0.2) is 18.1 Å². The van der Waals surface area contributed by atoms with Crippen molar-refractivity contribution in [1.29, 1.82) is 0 Å². The molecule has 142 valence electrons. The van der Waals surface area contributed by atoms with Crippen molar-refractivity contribution in [2.75, 3.05) is 32.2 Å². The Labute approximate surface area is 161 Å². The second-order valence-electron chi connectivity index (χ2n) is 5.81. The van der Waals surface area contributed by atoms with Crippen LogP contribution in [0.15, 0.2) is 30.3 Å². The van der Waals surface area contributed by atoms with Gasteiger partial charge in [-0.3, -0.25) is 4.79 Å². The van der Waals surface area contributed by atoms with Crippen molar-refractivity contribution in [1.82, 2.24) is 0 Å². The average Bonchev–Trinajstić information content (AvgIpc) is 2.67. The Morgan fingerprint density at radius 2 is 1.96 bits per heavy atom. The normalized spacial score (nSPS) is 12.3. The Morgan fingerprint density at radius 1 is 1.19 bits per heavy atom. The minimum atomic E-state index is -0.685. The van der Waals surface area contributed by atoms with Crippen LogP contribution < -0.4 is 19.5 Å². The third-order valence-electron chi connectivity index (χ3n) is 3.80. The average molecular weight is 392 g/mol. The number of aryl methyl sites for hydroxylation is 1. The topological polar surface area (TPSA) is 83.1 Å². The van der Waals surface area contributed by atoms with Crippen LogP contribution in [-0.4, -0.2) is 38.8 Å². The first-order chi connectivity index (χ1) is 13.0. The van der Waals surface area contributed by atoms with Crippen LogP contribution in [-0.2, 0) is 9.53 Å². The van der Waals surface area contributed by atoms with Crippen molar-refractivity contribution in [3.05, 3.63) is 46.5 Å². The summed E-state index contributed by atoms with van der Waals surface area (Å²) in [4.78, 5) is 24.3. The zero-order chi connectivity index (χ0) is 19.4. The first kappa shape index (κ1) is 18.8. The number of carbonyl (C=O) groups is 2. The van der Waals surface area contributed by atoms with Crippen LogP contribution in [0.4, 0.5) is 5.69 Å². The maximum absolute atomic E-state index is 12.3. The van der Waals surface area contributed by atoms with Gasteiger partial charge in [0, 0.05) is 0 Å². The molecule has 0 unspecified atom stereocenters. The lowest BCUT2D eigenvalue weighted by Crippen LogP contribution is -2.21. The summed E-state index contributed by atoms with van der Waals surface area (Å²) in [6.45, 7) is 2.20. The fourth-order valence-corrected chi connectivity index (χ4v) is 2.80. The SMILES string of the molecule is COc1cc(C(=O)OCC(=O)Nc2ccc(C)cc2Cl)cc2c1OCCO2. The van der Waals surface area contributed by atoms with Crippen molar-refractivity contribution in [3.8, 4) is 17.2 Å². The number of fused-ring (bicyclic) bond motifs is 1. The molecule has 0 fully saturated rings. The zero-order valence-corrected chi connectivity index (χ0v) is 15.6. The van der Waals surface area contributed by atoms with E-state index in [-0.39, 0.29) is 5.56 Å². The lowest BCUT2D eigenvalue weighted by molar-refractivity contribution is -0.119. The molecule has 1 aliphatic rings. The summed E-state index contributed by atoms with van der Waals surface area (Å²) in [6, 6.07) is 8.20. The summed E-state index contributed by atoms with van der Waals surface area (Å²) < 4.78 is 21.3. The first-order valence-electron chi connectivity index (χ1n) is 8.18. The van der Waals surface area contributed by atoms with Gasteiger partial charge in [-0.2, -0.15) is 0 Å². The number of ether oxygens (including phenoxy) is 4. The molecule has 1 heterocycles. The van der Waals surface area contributed by atoms with Crippen LogP contribution in [0.5, 0.6) is 17.2 Å². The second kappa shape index (κ2) is 8.18. The number of nitrogens with one attached hydrogen (secondary N) is 1. The van der Waals surface area contributed by atoms with Gasteiger partial charge in [-0.15, -0.1) is 0 Å². The minimum Gasteiger partial charge on any atom is -0.493 e. The van der Waals surface area contributed by atoms with E-state index < -0.39 is 18.5 Å². The number of halogens is 1. The summed E-state index contributed by atoms with van der Waals surface area (Å²) >= 11 is 6.07. The van der Waals surface area contributed by atoms with Crippen LogP contribution in [0.2, 0.25) is 5.02 Å². The highest BCUT2D eigenvalue weighted by Crippen LogP contribution is 2.40. The number of carbonyl (C=O) groups excluding carboxylic acids is 2. The molecule has 0 aromatic heterocycles. The molecular formula is C19H18ClNO6. The third-order valence-corrected chi connectivity index (χ3v) is 4.11. The molecule has 0 spiro atoms. The monoisotopic (exact) mass is 391 g/mol. The van der Waals surface area contributed by atoms with Gasteiger partial charge in [-0.25, -0.2) is 4.79 Å². The van der Waals surface area contributed by atoms with Crippen molar-refractivity contribution in [2.24, 2.45) is 0 Å². The second-order valence-corrected chi connectivity index (χ2v) is 6.22. The molecule has 0 bridgehead atoms. The van der Waals surface area contributed by atoms with Gasteiger partial charge in [0.05, 0.1) is 23.4 Å². The summed E-state index contributed by atoms with van der Waals surface area (Å²) in [7, 11) is 1.46. The van der Waals surface area contributed by atoms with E-state index in [1.807, 2.05) is 13.0 Å². The predicted octanol–water partition coefficient (Wildman–Crippen LogP) is 3.22. The Bertz CT molecular complexity index is 865. The molecular weight excluding hydrogens is 374 g/mol. The molecule has 1 aliphatic heterocycles. The van der Waals surface area contributed by atoms with Crippen LogP contribution in [0, 0.1) is 6.92 Å². The summed E-state index contributed by atoms with van der Waals surface area (Å²) in [5.74, 6) is -0.000397. The van der Waals surface area contributed by atoms with E-state index in [0.717, 1.165) is 5.56 Å². The highest BCUT2D eigenvalue weighted by Gasteiger charge is 2.22. The number of anilines is 1. The number of methoxy groups -OCH3 is 1. The molecule has 0 saturated heterocycles. The standard InChI is InChI=1S/C19H18ClNO6/c1-11-3-4-14(13(20)7-11)21-17(22)10-27-19(23)12-8-15(24-2)18-16(9-12)25-5-6-26-18/h3-4,7-9H,5-6,10H2,1-2H3,(H,21,22). The maximum Gasteiger partial charge on any atom is 0.338 e. The van der Waals surface area contributed by atoms with Crippen molar-refractivity contribution >= 4 is 29.2 Å². The molecule has 7 nitrogen and oxygen atoms in total. The van der Waals surface area contributed by atoms with Crippen LogP contribution >= 0.6 is 11.6 Å². The van der Waals surface area contributed by atoms with E-state index in [9.17, 15) is 9.59 Å². The highest BCUT2D eigenvalue weighted by molar-refractivity contribution is 6.33. The lowest BCUT2D eigenvalue weighted by Gasteiger charge is -2.21. The van der Waals surface area contributed by atoms with E-state index in [1.54, 1.807) is 12.1 Å². The van der Waals surface area contributed by atoms with Gasteiger partial charge in [-0.05, 0) is 36.8 Å². The quantitative estimate of drug-likeness (QED) is 0.788. The van der Waals surface area contributed by atoms with E-state index in [2.05, 4.69) is 5.32 Å². The maximum atomic E-state index is 12.3. The molecule has 27 heavy (non-hydrogen) atoms. The Balaban J connectivity index is 1.64.